The first-order valence-electron chi connectivity index (χ1n) is 4.72. The predicted molar refractivity (Wildman–Crippen MR) is 55.1 cm³/mol. The second-order valence-electron chi connectivity index (χ2n) is 3.55. The molecular weight excluding hydrogens is 200 g/mol. The quantitative estimate of drug-likeness (QED) is 0.813. The molecule has 1 fully saturated rings. The Morgan fingerprint density at radius 3 is 3.14 bits per heavy atom. The molecule has 1 aliphatic heterocycles. The summed E-state index contributed by atoms with van der Waals surface area (Å²) in [6.07, 6.45) is 4.36. The summed E-state index contributed by atoms with van der Waals surface area (Å²) < 4.78 is 5.30. The Bertz CT molecular complexity index is 313. The van der Waals surface area contributed by atoms with Gasteiger partial charge in [0, 0.05) is 31.0 Å². The molecule has 2 N–H and O–H groups in total. The first-order chi connectivity index (χ1) is 6.79. The molecule has 2 heterocycles. The molecule has 1 saturated heterocycles. The van der Waals surface area contributed by atoms with E-state index in [2.05, 4.69) is 4.98 Å². The summed E-state index contributed by atoms with van der Waals surface area (Å²) in [5, 5.41) is 0.645. The molecule has 0 spiro atoms. The second-order valence-corrected chi connectivity index (χ2v) is 3.95. The van der Waals surface area contributed by atoms with Crippen LogP contribution in [-0.2, 0) is 4.74 Å². The van der Waals surface area contributed by atoms with Crippen molar-refractivity contribution in [1.82, 2.24) is 4.98 Å². The van der Waals surface area contributed by atoms with Crippen LogP contribution in [0.3, 0.4) is 0 Å². The van der Waals surface area contributed by atoms with Crippen LogP contribution in [0, 0.1) is 5.92 Å². The van der Waals surface area contributed by atoms with Crippen LogP contribution in [0.4, 0.5) is 0 Å². The van der Waals surface area contributed by atoms with Gasteiger partial charge in [0.1, 0.15) is 0 Å². The lowest BCUT2D eigenvalue weighted by Crippen LogP contribution is -2.21. The number of hydrogen-bond donors (Lipinski definition) is 1. The normalized spacial score (nSPS) is 23.7. The van der Waals surface area contributed by atoms with E-state index < -0.39 is 0 Å². The Labute approximate surface area is 88.2 Å². The minimum atomic E-state index is -0.0343. The Balaban J connectivity index is 2.17. The monoisotopic (exact) mass is 212 g/mol. The molecule has 0 saturated carbocycles. The standard InChI is InChI=1S/C10H13ClN2O/c11-9-5-13-3-1-8(9)10(12)7-2-4-14-6-7/h1,3,5,7,10H,2,4,6,12H2. The molecule has 2 atom stereocenters. The summed E-state index contributed by atoms with van der Waals surface area (Å²) in [6, 6.07) is 1.85. The topological polar surface area (TPSA) is 48.1 Å². The number of nitrogens with zero attached hydrogens (tertiary/aromatic N) is 1. The summed E-state index contributed by atoms with van der Waals surface area (Å²) >= 11 is 6.01. The molecule has 1 aromatic heterocycles. The summed E-state index contributed by atoms with van der Waals surface area (Å²) in [5.41, 5.74) is 7.08. The molecule has 2 rings (SSSR count). The van der Waals surface area contributed by atoms with Crippen LogP contribution in [-0.4, -0.2) is 18.2 Å². The van der Waals surface area contributed by atoms with E-state index in [0.717, 1.165) is 25.2 Å². The maximum Gasteiger partial charge on any atom is 0.0637 e. The lowest BCUT2D eigenvalue weighted by atomic mass is 9.94. The highest BCUT2D eigenvalue weighted by molar-refractivity contribution is 6.31. The van der Waals surface area contributed by atoms with Gasteiger partial charge in [-0.05, 0) is 18.1 Å². The molecule has 1 aliphatic rings. The van der Waals surface area contributed by atoms with Gasteiger partial charge in [0.05, 0.1) is 11.6 Å². The van der Waals surface area contributed by atoms with E-state index in [-0.39, 0.29) is 6.04 Å². The fourth-order valence-electron chi connectivity index (χ4n) is 1.75. The zero-order chi connectivity index (χ0) is 9.97. The Morgan fingerprint density at radius 2 is 2.50 bits per heavy atom. The Kier molecular flexibility index (Phi) is 3.01. The van der Waals surface area contributed by atoms with Gasteiger partial charge in [-0.3, -0.25) is 4.98 Å². The minimum Gasteiger partial charge on any atom is -0.381 e. The highest BCUT2D eigenvalue weighted by atomic mass is 35.5. The third kappa shape index (κ3) is 1.90. The van der Waals surface area contributed by atoms with Crippen LogP contribution in [0.5, 0.6) is 0 Å². The number of hydrogen-bond acceptors (Lipinski definition) is 3. The molecule has 0 aromatic carbocycles. The molecule has 0 radical (unpaired) electrons. The zero-order valence-corrected chi connectivity index (χ0v) is 8.57. The average molecular weight is 213 g/mol. The number of nitrogens with two attached hydrogens (primary N) is 1. The molecule has 0 amide bonds. The number of aromatic nitrogens is 1. The van der Waals surface area contributed by atoms with Crippen molar-refractivity contribution in [2.75, 3.05) is 13.2 Å². The van der Waals surface area contributed by atoms with E-state index in [4.69, 9.17) is 22.1 Å². The van der Waals surface area contributed by atoms with Crippen LogP contribution in [0.2, 0.25) is 5.02 Å². The van der Waals surface area contributed by atoms with Gasteiger partial charge < -0.3 is 10.5 Å². The Morgan fingerprint density at radius 1 is 1.64 bits per heavy atom. The fraction of sp³-hybridized carbons (Fsp3) is 0.500. The van der Waals surface area contributed by atoms with Crippen molar-refractivity contribution in [3.05, 3.63) is 29.0 Å². The molecule has 0 bridgehead atoms. The van der Waals surface area contributed by atoms with E-state index in [1.807, 2.05) is 6.07 Å². The maximum atomic E-state index is 6.11. The van der Waals surface area contributed by atoms with Crippen molar-refractivity contribution in [3.8, 4) is 0 Å². The highest BCUT2D eigenvalue weighted by Crippen LogP contribution is 2.30. The van der Waals surface area contributed by atoms with Crippen LogP contribution in [0.15, 0.2) is 18.5 Å². The van der Waals surface area contributed by atoms with Gasteiger partial charge >= 0.3 is 0 Å². The highest BCUT2D eigenvalue weighted by Gasteiger charge is 2.25. The molecule has 0 aliphatic carbocycles. The predicted octanol–water partition coefficient (Wildman–Crippen LogP) is 1.77. The molecule has 4 heteroatoms. The smallest absolute Gasteiger partial charge is 0.0637 e. The third-order valence-corrected chi connectivity index (χ3v) is 2.95. The molecule has 3 nitrogen and oxygen atoms in total. The van der Waals surface area contributed by atoms with E-state index in [1.54, 1.807) is 12.4 Å². The van der Waals surface area contributed by atoms with Gasteiger partial charge in [-0.15, -0.1) is 0 Å². The molecular formula is C10H13ClN2O. The third-order valence-electron chi connectivity index (χ3n) is 2.64. The van der Waals surface area contributed by atoms with Gasteiger partial charge in [0.2, 0.25) is 0 Å². The SMILES string of the molecule is NC(c1ccncc1Cl)C1CCOC1. The van der Waals surface area contributed by atoms with Gasteiger partial charge in [-0.2, -0.15) is 0 Å². The lowest BCUT2D eigenvalue weighted by Gasteiger charge is -2.18. The van der Waals surface area contributed by atoms with E-state index in [9.17, 15) is 0 Å². The van der Waals surface area contributed by atoms with E-state index in [0.29, 0.717) is 10.9 Å². The molecule has 2 unspecified atom stereocenters. The van der Waals surface area contributed by atoms with Crippen molar-refractivity contribution in [1.29, 1.82) is 0 Å². The van der Waals surface area contributed by atoms with E-state index in [1.165, 1.54) is 0 Å². The average Bonchev–Trinajstić information content (AvgIpc) is 2.70. The summed E-state index contributed by atoms with van der Waals surface area (Å²) in [4.78, 5) is 3.94. The van der Waals surface area contributed by atoms with Crippen LogP contribution in [0.1, 0.15) is 18.0 Å². The minimum absolute atomic E-state index is 0.0343. The summed E-state index contributed by atoms with van der Waals surface area (Å²) in [6.45, 7) is 1.54. The van der Waals surface area contributed by atoms with Crippen molar-refractivity contribution >= 4 is 11.6 Å². The first-order valence-corrected chi connectivity index (χ1v) is 5.09. The van der Waals surface area contributed by atoms with E-state index >= 15 is 0 Å². The summed E-state index contributed by atoms with van der Waals surface area (Å²) in [5.74, 6) is 0.384. The van der Waals surface area contributed by atoms with Crippen molar-refractivity contribution in [3.63, 3.8) is 0 Å². The Hall–Kier alpha value is -0.640. The number of halogens is 1. The van der Waals surface area contributed by atoms with Crippen LogP contribution >= 0.6 is 11.6 Å². The van der Waals surface area contributed by atoms with Gasteiger partial charge in [-0.25, -0.2) is 0 Å². The van der Waals surface area contributed by atoms with Gasteiger partial charge in [0.25, 0.3) is 0 Å². The number of rotatable bonds is 2. The second kappa shape index (κ2) is 4.26. The molecule has 14 heavy (non-hydrogen) atoms. The maximum absolute atomic E-state index is 6.11. The van der Waals surface area contributed by atoms with Crippen LogP contribution < -0.4 is 5.73 Å². The van der Waals surface area contributed by atoms with Gasteiger partial charge in [0.15, 0.2) is 0 Å². The largest absolute Gasteiger partial charge is 0.381 e. The molecule has 76 valence electrons. The fourth-order valence-corrected chi connectivity index (χ4v) is 1.99. The first kappa shape index (κ1) is 9.90. The lowest BCUT2D eigenvalue weighted by molar-refractivity contribution is 0.181. The van der Waals surface area contributed by atoms with Gasteiger partial charge in [-0.1, -0.05) is 11.6 Å². The van der Waals surface area contributed by atoms with Crippen molar-refractivity contribution in [2.45, 2.75) is 12.5 Å². The number of ether oxygens (including phenoxy) is 1. The zero-order valence-electron chi connectivity index (χ0n) is 7.82. The van der Waals surface area contributed by atoms with Crippen LogP contribution in [0.25, 0.3) is 0 Å². The summed E-state index contributed by atoms with van der Waals surface area (Å²) in [7, 11) is 0. The molecule has 1 aromatic rings. The van der Waals surface area contributed by atoms with Crippen molar-refractivity contribution < 1.29 is 4.74 Å². The number of pyridine rings is 1. The van der Waals surface area contributed by atoms with Crippen molar-refractivity contribution in [2.24, 2.45) is 11.7 Å².